The summed E-state index contributed by atoms with van der Waals surface area (Å²) in [6.45, 7) is 2.38. The van der Waals surface area contributed by atoms with Crippen molar-refractivity contribution in [3.05, 3.63) is 95.1 Å². The smallest absolute Gasteiger partial charge is 0.319 e. The van der Waals surface area contributed by atoms with Crippen molar-refractivity contribution in [3.8, 4) is 5.75 Å². The number of benzene rings is 3. The molecule has 164 valence electrons. The monoisotopic (exact) mass is 439 g/mol. The normalized spacial score (nSPS) is 26.6. The van der Waals surface area contributed by atoms with Crippen LogP contribution in [0.1, 0.15) is 35.1 Å². The number of carbonyl (C=O) groups is 3. The van der Waals surface area contributed by atoms with Crippen LogP contribution in [-0.2, 0) is 19.8 Å². The largest absolute Gasteiger partial charge is 0.494 e. The lowest BCUT2D eigenvalue weighted by Gasteiger charge is -2.51. The van der Waals surface area contributed by atoms with Crippen molar-refractivity contribution in [2.75, 3.05) is 11.5 Å². The van der Waals surface area contributed by atoms with Crippen LogP contribution in [0.3, 0.4) is 0 Å². The van der Waals surface area contributed by atoms with Crippen LogP contribution in [0.15, 0.2) is 72.8 Å². The molecule has 2 amide bonds. The Bertz CT molecular complexity index is 1280. The Morgan fingerprint density at radius 3 is 2.03 bits per heavy atom. The van der Waals surface area contributed by atoms with Crippen molar-refractivity contribution in [2.45, 2.75) is 18.3 Å². The van der Waals surface area contributed by atoms with Crippen LogP contribution in [0.4, 0.5) is 5.69 Å². The number of carbonyl (C=O) groups excluding carboxylic acids is 2. The van der Waals surface area contributed by atoms with E-state index in [1.807, 2.05) is 31.2 Å². The fourth-order valence-corrected chi connectivity index (χ4v) is 6.25. The SMILES string of the molecule is CCOc1ccc(N2C(=O)[C@@H]3[C@@H](C2=O)C2c4ccccc4C3(C(=O)O)c3ccccc32)cc1. The van der Waals surface area contributed by atoms with Gasteiger partial charge in [0, 0.05) is 5.92 Å². The average Bonchev–Trinajstić information content (AvgIpc) is 3.10. The minimum Gasteiger partial charge on any atom is -0.494 e. The molecule has 2 atom stereocenters. The highest BCUT2D eigenvalue weighted by Crippen LogP contribution is 2.64. The van der Waals surface area contributed by atoms with Crippen molar-refractivity contribution < 1.29 is 24.2 Å². The summed E-state index contributed by atoms with van der Waals surface area (Å²) in [5, 5.41) is 10.7. The maximum Gasteiger partial charge on any atom is 0.319 e. The molecule has 1 aliphatic heterocycles. The second kappa shape index (κ2) is 6.78. The predicted octanol–water partition coefficient (Wildman–Crippen LogP) is 3.72. The van der Waals surface area contributed by atoms with E-state index in [4.69, 9.17) is 4.74 Å². The summed E-state index contributed by atoms with van der Waals surface area (Å²) in [4.78, 5) is 42.0. The molecule has 1 N–H and O–H groups in total. The quantitative estimate of drug-likeness (QED) is 0.627. The van der Waals surface area contributed by atoms with Crippen molar-refractivity contribution in [1.29, 1.82) is 0 Å². The fourth-order valence-electron chi connectivity index (χ4n) is 6.25. The molecular formula is C27H21NO5. The molecule has 0 saturated carbocycles. The molecule has 6 nitrogen and oxygen atoms in total. The summed E-state index contributed by atoms with van der Waals surface area (Å²) < 4.78 is 5.48. The molecule has 2 bridgehead atoms. The molecular weight excluding hydrogens is 418 g/mol. The highest BCUT2D eigenvalue weighted by Gasteiger charge is 2.71. The summed E-state index contributed by atoms with van der Waals surface area (Å²) in [6.07, 6.45) is 0. The number of ether oxygens (including phenoxy) is 1. The van der Waals surface area contributed by atoms with E-state index in [9.17, 15) is 19.5 Å². The lowest BCUT2D eigenvalue weighted by Crippen LogP contribution is -2.57. The van der Waals surface area contributed by atoms with Crippen molar-refractivity contribution in [2.24, 2.45) is 11.8 Å². The van der Waals surface area contributed by atoms with Gasteiger partial charge in [-0.2, -0.15) is 0 Å². The zero-order valence-corrected chi connectivity index (χ0v) is 17.9. The van der Waals surface area contributed by atoms with Crippen LogP contribution in [0.2, 0.25) is 0 Å². The molecule has 4 aliphatic rings. The molecule has 0 radical (unpaired) electrons. The third-order valence-corrected chi connectivity index (χ3v) is 7.36. The molecule has 0 spiro atoms. The number of hydrogen-bond donors (Lipinski definition) is 1. The number of aliphatic carboxylic acids is 1. The van der Waals surface area contributed by atoms with Gasteiger partial charge in [-0.05, 0) is 53.4 Å². The fraction of sp³-hybridized carbons (Fsp3) is 0.222. The van der Waals surface area contributed by atoms with Gasteiger partial charge in [-0.25, -0.2) is 4.90 Å². The number of nitrogens with zero attached hydrogens (tertiary/aromatic N) is 1. The molecule has 3 aliphatic carbocycles. The molecule has 3 aromatic carbocycles. The Morgan fingerprint density at radius 2 is 1.48 bits per heavy atom. The zero-order chi connectivity index (χ0) is 22.9. The Morgan fingerprint density at radius 1 is 0.909 bits per heavy atom. The van der Waals surface area contributed by atoms with Gasteiger partial charge in [0.05, 0.1) is 24.1 Å². The first-order chi connectivity index (χ1) is 16.0. The second-order valence-corrected chi connectivity index (χ2v) is 8.71. The lowest BCUT2D eigenvalue weighted by atomic mass is 9.47. The van der Waals surface area contributed by atoms with Gasteiger partial charge in [-0.15, -0.1) is 0 Å². The van der Waals surface area contributed by atoms with Crippen LogP contribution in [-0.4, -0.2) is 29.5 Å². The van der Waals surface area contributed by atoms with E-state index < -0.39 is 29.1 Å². The first kappa shape index (κ1) is 19.7. The van der Waals surface area contributed by atoms with Crippen LogP contribution in [0.5, 0.6) is 5.75 Å². The van der Waals surface area contributed by atoms with E-state index in [1.165, 1.54) is 4.90 Å². The number of anilines is 1. The van der Waals surface area contributed by atoms with E-state index >= 15 is 0 Å². The van der Waals surface area contributed by atoms with Gasteiger partial charge in [-0.1, -0.05) is 48.5 Å². The van der Waals surface area contributed by atoms with Gasteiger partial charge in [0.1, 0.15) is 11.2 Å². The highest BCUT2D eigenvalue weighted by atomic mass is 16.5. The predicted molar refractivity (Wildman–Crippen MR) is 120 cm³/mol. The van der Waals surface area contributed by atoms with E-state index in [0.717, 1.165) is 11.1 Å². The molecule has 6 heteroatoms. The Balaban J connectivity index is 1.58. The van der Waals surface area contributed by atoms with Crippen LogP contribution in [0.25, 0.3) is 0 Å². The Labute approximate surface area is 190 Å². The Kier molecular flexibility index (Phi) is 4.06. The van der Waals surface area contributed by atoms with Crippen molar-refractivity contribution >= 4 is 23.5 Å². The topological polar surface area (TPSA) is 83.9 Å². The van der Waals surface area contributed by atoms with Gasteiger partial charge >= 0.3 is 5.97 Å². The molecule has 1 fully saturated rings. The molecule has 3 aromatic rings. The summed E-state index contributed by atoms with van der Waals surface area (Å²) in [7, 11) is 0. The van der Waals surface area contributed by atoms with E-state index in [0.29, 0.717) is 29.2 Å². The molecule has 0 aromatic heterocycles. The summed E-state index contributed by atoms with van der Waals surface area (Å²) in [5.74, 6) is -3.44. The number of hydrogen-bond acceptors (Lipinski definition) is 4. The summed E-state index contributed by atoms with van der Waals surface area (Å²) >= 11 is 0. The van der Waals surface area contributed by atoms with E-state index in [-0.39, 0.29) is 11.8 Å². The van der Waals surface area contributed by atoms with Gasteiger partial charge in [0.25, 0.3) is 0 Å². The lowest BCUT2D eigenvalue weighted by molar-refractivity contribution is -0.149. The van der Waals surface area contributed by atoms with Gasteiger partial charge < -0.3 is 9.84 Å². The molecule has 1 saturated heterocycles. The first-order valence-electron chi connectivity index (χ1n) is 11.0. The summed E-state index contributed by atoms with van der Waals surface area (Å²) in [5.41, 5.74) is 1.66. The summed E-state index contributed by atoms with van der Waals surface area (Å²) in [6, 6.07) is 21.5. The first-order valence-corrected chi connectivity index (χ1v) is 11.0. The number of amides is 2. The van der Waals surface area contributed by atoms with E-state index in [1.54, 1.807) is 48.5 Å². The van der Waals surface area contributed by atoms with E-state index in [2.05, 4.69) is 0 Å². The Hall–Kier alpha value is -3.93. The molecule has 0 unspecified atom stereocenters. The van der Waals surface area contributed by atoms with Crippen LogP contribution < -0.4 is 9.64 Å². The third-order valence-electron chi connectivity index (χ3n) is 7.36. The molecule has 1 heterocycles. The average molecular weight is 439 g/mol. The third kappa shape index (κ3) is 2.30. The molecule has 33 heavy (non-hydrogen) atoms. The van der Waals surface area contributed by atoms with Gasteiger partial charge in [-0.3, -0.25) is 14.4 Å². The van der Waals surface area contributed by atoms with Crippen LogP contribution in [0, 0.1) is 11.8 Å². The number of carboxylic acid groups (broad SMARTS) is 1. The van der Waals surface area contributed by atoms with Gasteiger partial charge in [0.15, 0.2) is 0 Å². The standard InChI is InChI=1S/C27H21NO5/c1-2-33-16-13-11-15(12-14-16)28-24(29)22-21-17-7-3-5-9-19(17)27(26(31)32,23(22)25(28)30)20-10-6-4-8-18(20)21/h3-14,21-23H,2H2,1H3,(H,31,32)/t21?,22-,23-,27?/m0/s1. The number of imide groups is 1. The van der Waals surface area contributed by atoms with Gasteiger partial charge in [0.2, 0.25) is 11.8 Å². The minimum atomic E-state index is -1.61. The van der Waals surface area contributed by atoms with Crippen molar-refractivity contribution in [1.82, 2.24) is 0 Å². The second-order valence-electron chi connectivity index (χ2n) is 8.71. The zero-order valence-electron chi connectivity index (χ0n) is 17.9. The number of carboxylic acids is 1. The highest BCUT2D eigenvalue weighted by molar-refractivity contribution is 6.25. The van der Waals surface area contributed by atoms with Crippen molar-refractivity contribution in [3.63, 3.8) is 0 Å². The minimum absolute atomic E-state index is 0.353. The maximum absolute atomic E-state index is 13.9. The van der Waals surface area contributed by atoms with Crippen LogP contribution >= 0.6 is 0 Å². The maximum atomic E-state index is 13.9. The number of rotatable bonds is 4. The molecule has 7 rings (SSSR count).